The molecule has 0 spiro atoms. The smallest absolute Gasteiger partial charge is 0.122 e. The van der Waals surface area contributed by atoms with Crippen molar-refractivity contribution in [1.29, 1.82) is 0 Å². The van der Waals surface area contributed by atoms with Crippen LogP contribution < -0.4 is 10.6 Å². The zero-order chi connectivity index (χ0) is 23.4. The fraction of sp³-hybridized carbons (Fsp3) is 0.407. The second-order valence-corrected chi connectivity index (χ2v) is 12.6. The number of aryl methyl sites for hydroxylation is 1. The predicted molar refractivity (Wildman–Crippen MR) is 148 cm³/mol. The van der Waals surface area contributed by atoms with Crippen molar-refractivity contribution in [1.82, 2.24) is 5.32 Å². The summed E-state index contributed by atoms with van der Waals surface area (Å²) in [7, 11) is 0. The number of aliphatic imine (C=N–C) groups is 2. The summed E-state index contributed by atoms with van der Waals surface area (Å²) < 4.78 is 0. The molecular weight excluding hydrogens is 477 g/mol. The van der Waals surface area contributed by atoms with Gasteiger partial charge in [0, 0.05) is 26.7 Å². The molecule has 2 unspecified atom stereocenters. The molecule has 0 radical (unpaired) electrons. The van der Waals surface area contributed by atoms with Gasteiger partial charge in [0.1, 0.15) is 17.9 Å². The highest BCUT2D eigenvalue weighted by molar-refractivity contribution is 7.13. The van der Waals surface area contributed by atoms with Crippen LogP contribution in [0.4, 0.5) is 5.69 Å². The van der Waals surface area contributed by atoms with Crippen molar-refractivity contribution in [3.05, 3.63) is 69.9 Å². The van der Waals surface area contributed by atoms with Crippen LogP contribution in [0.5, 0.6) is 0 Å². The zero-order valence-corrected chi connectivity index (χ0v) is 22.6. The van der Waals surface area contributed by atoms with E-state index >= 15 is 0 Å². The fourth-order valence-electron chi connectivity index (χ4n) is 5.26. The normalized spacial score (nSPS) is 21.6. The van der Waals surface area contributed by atoms with Gasteiger partial charge in [-0.1, -0.05) is 0 Å². The van der Waals surface area contributed by atoms with Gasteiger partial charge in [-0.3, -0.25) is 9.98 Å². The quantitative estimate of drug-likeness (QED) is 0.380. The summed E-state index contributed by atoms with van der Waals surface area (Å²) in [5.41, 5.74) is 9.71. The van der Waals surface area contributed by atoms with E-state index in [9.17, 15) is 0 Å². The van der Waals surface area contributed by atoms with E-state index in [1.165, 1.54) is 78.0 Å². The van der Waals surface area contributed by atoms with Crippen LogP contribution in [0.25, 0.3) is 0 Å². The Morgan fingerprint density at radius 1 is 0.941 bits per heavy atom. The number of nitrogens with one attached hydrogen (secondary N) is 2. The van der Waals surface area contributed by atoms with Crippen LogP contribution in [0.2, 0.25) is 0 Å². The minimum absolute atomic E-state index is 0.104. The molecule has 2 aliphatic heterocycles. The van der Waals surface area contributed by atoms with Crippen molar-refractivity contribution >= 4 is 51.9 Å². The Morgan fingerprint density at radius 3 is 2.62 bits per heavy atom. The number of fused-ring (bicyclic) bond motifs is 1. The third-order valence-corrected chi connectivity index (χ3v) is 11.2. The van der Waals surface area contributed by atoms with Crippen molar-refractivity contribution < 1.29 is 0 Å². The first-order valence-electron chi connectivity index (χ1n) is 12.1. The summed E-state index contributed by atoms with van der Waals surface area (Å²) in [4.78, 5) is 15.7. The molecule has 2 atom stereocenters. The molecule has 176 valence electrons. The van der Waals surface area contributed by atoms with Gasteiger partial charge in [0.05, 0.1) is 16.9 Å². The van der Waals surface area contributed by atoms with Gasteiger partial charge in [0.25, 0.3) is 0 Å². The zero-order valence-electron chi connectivity index (χ0n) is 20.1. The average Bonchev–Trinajstić information content (AvgIpc) is 3.53. The number of nitrogens with zero attached hydrogens (tertiary/aromatic N) is 2. The highest BCUT2D eigenvalue weighted by atomic mass is 32.1. The summed E-state index contributed by atoms with van der Waals surface area (Å²) in [6.45, 7) is 9.01. The highest BCUT2D eigenvalue weighted by Crippen LogP contribution is 2.45. The van der Waals surface area contributed by atoms with Crippen molar-refractivity contribution in [2.75, 3.05) is 5.32 Å². The van der Waals surface area contributed by atoms with Gasteiger partial charge in [-0.15, -0.1) is 34.0 Å². The lowest BCUT2D eigenvalue weighted by Gasteiger charge is -2.31. The molecule has 2 N–H and O–H groups in total. The van der Waals surface area contributed by atoms with Gasteiger partial charge in [0.15, 0.2) is 0 Å². The lowest BCUT2D eigenvalue weighted by Crippen LogP contribution is -2.33. The second-order valence-electron chi connectivity index (χ2n) is 9.56. The lowest BCUT2D eigenvalue weighted by molar-refractivity contribution is 0.593. The molecule has 0 aromatic carbocycles. The number of hydrogen-bond donors (Lipinski definition) is 2. The predicted octanol–water partition coefficient (Wildman–Crippen LogP) is 7.76. The molecule has 3 aromatic heterocycles. The summed E-state index contributed by atoms with van der Waals surface area (Å²) in [5, 5.41) is 11.5. The number of allylic oxidation sites excluding steroid dienone is 1. The van der Waals surface area contributed by atoms with Gasteiger partial charge in [-0.05, 0) is 98.0 Å². The van der Waals surface area contributed by atoms with Crippen molar-refractivity contribution in [3.8, 4) is 0 Å². The SMILES string of the molecule is Cc1csc(C2N=C(Cc3sc(C4N=CNc5ccsc54)c(C)c3C)NC3=C2CCCC3)c1C. The molecule has 0 saturated carbocycles. The molecule has 0 bridgehead atoms. The first-order chi connectivity index (χ1) is 16.5. The van der Waals surface area contributed by atoms with E-state index in [-0.39, 0.29) is 12.1 Å². The maximum atomic E-state index is 5.35. The maximum Gasteiger partial charge on any atom is 0.122 e. The van der Waals surface area contributed by atoms with Gasteiger partial charge >= 0.3 is 0 Å². The standard InChI is InChI=1S/C27H30N4S3/c1-14-12-33-25(15(14)2)23-18-7-5-6-8-19(18)30-22(31-23)11-21-16(3)17(4)26(34-21)24-27-20(9-10-32-27)28-13-29-24/h9-10,12-13,23-24H,5-8,11H2,1-4H3,(H,28,29)(H,30,31). The van der Waals surface area contributed by atoms with Gasteiger partial charge in [-0.25, -0.2) is 0 Å². The van der Waals surface area contributed by atoms with E-state index in [0.717, 1.165) is 18.7 Å². The maximum absolute atomic E-state index is 5.35. The van der Waals surface area contributed by atoms with Crippen LogP contribution in [-0.2, 0) is 6.42 Å². The van der Waals surface area contributed by atoms with E-state index in [1.807, 2.05) is 29.0 Å². The molecule has 3 aromatic rings. The minimum Gasteiger partial charge on any atom is -0.347 e. The Bertz CT molecular complexity index is 1350. The fourth-order valence-corrected chi connectivity index (χ4v) is 8.77. The van der Waals surface area contributed by atoms with Crippen LogP contribution in [0.1, 0.15) is 79.5 Å². The Hall–Kier alpha value is -2.22. The Kier molecular flexibility index (Phi) is 5.74. The first kappa shape index (κ1) is 22.3. The Morgan fingerprint density at radius 2 is 1.79 bits per heavy atom. The van der Waals surface area contributed by atoms with Crippen LogP contribution >= 0.6 is 34.0 Å². The Labute approximate surface area is 213 Å². The van der Waals surface area contributed by atoms with Gasteiger partial charge in [0.2, 0.25) is 0 Å². The van der Waals surface area contributed by atoms with Gasteiger partial charge in [-0.2, -0.15) is 0 Å². The molecule has 0 saturated heterocycles. The Balaban J connectivity index is 1.34. The lowest BCUT2D eigenvalue weighted by atomic mass is 9.88. The summed E-state index contributed by atoms with van der Waals surface area (Å²) in [5.74, 6) is 1.12. The molecule has 1 aliphatic carbocycles. The van der Waals surface area contributed by atoms with E-state index in [4.69, 9.17) is 9.98 Å². The average molecular weight is 507 g/mol. The third-order valence-electron chi connectivity index (χ3n) is 7.54. The molecule has 3 aliphatic rings. The van der Waals surface area contributed by atoms with Crippen LogP contribution in [0, 0.1) is 27.7 Å². The molecule has 6 rings (SSSR count). The van der Waals surface area contributed by atoms with Crippen LogP contribution in [0.15, 0.2) is 38.1 Å². The van der Waals surface area contributed by atoms with E-state index in [1.54, 1.807) is 11.3 Å². The number of amidine groups is 1. The van der Waals surface area contributed by atoms with Crippen molar-refractivity contribution in [2.45, 2.75) is 71.9 Å². The molecule has 5 heterocycles. The largest absolute Gasteiger partial charge is 0.347 e. The number of anilines is 1. The molecule has 7 heteroatoms. The summed E-state index contributed by atoms with van der Waals surface area (Å²) in [6.07, 6.45) is 7.57. The monoisotopic (exact) mass is 506 g/mol. The molecule has 0 amide bonds. The van der Waals surface area contributed by atoms with Crippen LogP contribution in [-0.4, -0.2) is 12.2 Å². The molecule has 0 fully saturated rings. The van der Waals surface area contributed by atoms with E-state index < -0.39 is 0 Å². The first-order valence-corrected chi connectivity index (χ1v) is 14.6. The number of thiophene rings is 3. The van der Waals surface area contributed by atoms with E-state index in [2.05, 4.69) is 55.2 Å². The molecule has 4 nitrogen and oxygen atoms in total. The number of rotatable bonds is 4. The van der Waals surface area contributed by atoms with Gasteiger partial charge < -0.3 is 10.6 Å². The minimum atomic E-state index is 0.104. The number of hydrogen-bond acceptors (Lipinski definition) is 7. The second kappa shape index (κ2) is 8.77. The highest BCUT2D eigenvalue weighted by Gasteiger charge is 2.31. The molecular formula is C27H30N4S3. The van der Waals surface area contributed by atoms with Crippen molar-refractivity contribution in [3.63, 3.8) is 0 Å². The summed E-state index contributed by atoms with van der Waals surface area (Å²) >= 11 is 5.59. The topological polar surface area (TPSA) is 48.8 Å². The third kappa shape index (κ3) is 3.69. The summed E-state index contributed by atoms with van der Waals surface area (Å²) in [6, 6.07) is 2.44. The van der Waals surface area contributed by atoms with Crippen molar-refractivity contribution in [2.24, 2.45) is 9.98 Å². The van der Waals surface area contributed by atoms with Crippen LogP contribution in [0.3, 0.4) is 0 Å². The van der Waals surface area contributed by atoms with E-state index in [0.29, 0.717) is 0 Å². The molecule has 34 heavy (non-hydrogen) atoms.